The summed E-state index contributed by atoms with van der Waals surface area (Å²) in [6.07, 6.45) is 6.80. The summed E-state index contributed by atoms with van der Waals surface area (Å²) in [5, 5.41) is 0. The van der Waals surface area contributed by atoms with Gasteiger partial charge in [0.2, 0.25) is 0 Å². The highest BCUT2D eigenvalue weighted by molar-refractivity contribution is 5.77. The Bertz CT molecular complexity index is 816. The van der Waals surface area contributed by atoms with E-state index < -0.39 is 0 Å². The molecule has 0 atom stereocenters. The lowest BCUT2D eigenvalue weighted by molar-refractivity contribution is 0.443. The fraction of sp³-hybridized carbons (Fsp3) is 0.250. The van der Waals surface area contributed by atoms with Crippen molar-refractivity contribution in [3.63, 3.8) is 0 Å². The third-order valence-corrected chi connectivity index (χ3v) is 5.39. The van der Waals surface area contributed by atoms with Gasteiger partial charge in [0.15, 0.2) is 0 Å². The number of nitrogens with zero attached hydrogens (tertiary/aromatic N) is 1. The number of benzene rings is 3. The largest absolute Gasteiger partial charge is 0.399 e. The minimum absolute atomic E-state index is 0.736. The molecule has 1 aliphatic rings. The molecule has 0 radical (unpaired) electrons. The zero-order chi connectivity index (χ0) is 17.8. The molecule has 132 valence electrons. The smallest absolute Gasteiger partial charge is 0.0463 e. The highest BCUT2D eigenvalue weighted by atomic mass is 15.1. The Morgan fingerprint density at radius 3 is 1.77 bits per heavy atom. The Morgan fingerprint density at radius 2 is 1.15 bits per heavy atom. The minimum Gasteiger partial charge on any atom is -0.399 e. The maximum atomic E-state index is 5.89. The molecule has 3 aromatic rings. The third kappa shape index (κ3) is 3.60. The molecule has 0 spiro atoms. The van der Waals surface area contributed by atoms with Gasteiger partial charge in [-0.15, -0.1) is 0 Å². The van der Waals surface area contributed by atoms with E-state index in [1.54, 1.807) is 0 Å². The molecule has 1 fully saturated rings. The molecule has 2 N–H and O–H groups in total. The first-order valence-corrected chi connectivity index (χ1v) is 9.62. The van der Waals surface area contributed by atoms with Crippen LogP contribution in [-0.2, 0) is 0 Å². The average Bonchev–Trinajstić information content (AvgIpc) is 2.72. The Hall–Kier alpha value is -2.74. The first-order chi connectivity index (χ1) is 12.8. The predicted octanol–water partition coefficient (Wildman–Crippen LogP) is 6.79. The summed E-state index contributed by atoms with van der Waals surface area (Å²) in [4.78, 5) is 2.28. The number of nitrogens with two attached hydrogens (primary N) is 1. The van der Waals surface area contributed by atoms with E-state index in [2.05, 4.69) is 71.6 Å². The average molecular weight is 342 g/mol. The summed E-state index contributed by atoms with van der Waals surface area (Å²) in [6.45, 7) is 0. The molecule has 3 aromatic carbocycles. The second-order valence-electron chi connectivity index (χ2n) is 7.19. The zero-order valence-corrected chi connectivity index (χ0v) is 15.1. The normalized spacial score (nSPS) is 14.9. The quantitative estimate of drug-likeness (QED) is 0.529. The van der Waals surface area contributed by atoms with Gasteiger partial charge in [-0.1, -0.05) is 49.6 Å². The molecule has 0 bridgehead atoms. The highest BCUT2D eigenvalue weighted by Gasteiger charge is 2.17. The Kier molecular flexibility index (Phi) is 4.92. The van der Waals surface area contributed by atoms with Gasteiger partial charge in [0.25, 0.3) is 0 Å². The van der Waals surface area contributed by atoms with Crippen molar-refractivity contribution in [3.05, 3.63) is 84.4 Å². The van der Waals surface area contributed by atoms with Crippen LogP contribution in [0.2, 0.25) is 0 Å². The van der Waals surface area contributed by atoms with Crippen molar-refractivity contribution >= 4 is 22.7 Å². The van der Waals surface area contributed by atoms with Crippen LogP contribution in [0.15, 0.2) is 78.9 Å². The fourth-order valence-corrected chi connectivity index (χ4v) is 3.98. The fourth-order valence-electron chi connectivity index (χ4n) is 3.98. The summed E-state index contributed by atoms with van der Waals surface area (Å²) in [5.41, 5.74) is 11.6. The standard InChI is InChI=1S/C24H26N2/c25-21-13-17-24(18-14-21)26(22-9-5-2-6-10-22)23-15-11-20(12-16-23)19-7-3-1-4-8-19/h2,5-6,9-19H,1,3-4,7-8,25H2. The van der Waals surface area contributed by atoms with Crippen molar-refractivity contribution in [1.29, 1.82) is 0 Å². The van der Waals surface area contributed by atoms with Crippen molar-refractivity contribution in [2.45, 2.75) is 38.0 Å². The number of hydrogen-bond acceptors (Lipinski definition) is 2. The number of anilines is 4. The van der Waals surface area contributed by atoms with Crippen molar-refractivity contribution < 1.29 is 0 Å². The summed E-state index contributed by atoms with van der Waals surface area (Å²) < 4.78 is 0. The second-order valence-corrected chi connectivity index (χ2v) is 7.19. The van der Waals surface area contributed by atoms with Crippen LogP contribution in [0.3, 0.4) is 0 Å². The number of nitrogen functional groups attached to an aromatic ring is 1. The van der Waals surface area contributed by atoms with Gasteiger partial charge in [-0.25, -0.2) is 0 Å². The van der Waals surface area contributed by atoms with Crippen LogP contribution in [0, 0.1) is 0 Å². The van der Waals surface area contributed by atoms with Gasteiger partial charge in [-0.05, 0) is 72.9 Å². The maximum Gasteiger partial charge on any atom is 0.0463 e. The van der Waals surface area contributed by atoms with Gasteiger partial charge >= 0.3 is 0 Å². The van der Waals surface area contributed by atoms with Crippen LogP contribution in [0.25, 0.3) is 0 Å². The van der Waals surface area contributed by atoms with E-state index in [-0.39, 0.29) is 0 Å². The number of para-hydroxylation sites is 1. The molecular weight excluding hydrogens is 316 g/mol. The molecule has 26 heavy (non-hydrogen) atoms. The molecule has 2 heteroatoms. The lowest BCUT2D eigenvalue weighted by Crippen LogP contribution is -2.10. The van der Waals surface area contributed by atoms with E-state index in [0.29, 0.717) is 0 Å². The van der Waals surface area contributed by atoms with Crippen LogP contribution in [-0.4, -0.2) is 0 Å². The van der Waals surface area contributed by atoms with E-state index in [4.69, 9.17) is 5.73 Å². The molecule has 0 aliphatic heterocycles. The molecule has 0 amide bonds. The monoisotopic (exact) mass is 342 g/mol. The SMILES string of the molecule is Nc1ccc(N(c2ccccc2)c2ccc(C3CCCCC3)cc2)cc1. The van der Waals surface area contributed by atoms with E-state index in [1.807, 2.05) is 12.1 Å². The van der Waals surface area contributed by atoms with Crippen LogP contribution < -0.4 is 10.6 Å². The van der Waals surface area contributed by atoms with E-state index in [1.165, 1.54) is 43.4 Å². The minimum atomic E-state index is 0.736. The number of hydrogen-bond donors (Lipinski definition) is 1. The van der Waals surface area contributed by atoms with Crippen molar-refractivity contribution in [1.82, 2.24) is 0 Å². The van der Waals surface area contributed by atoms with Crippen molar-refractivity contribution in [2.24, 2.45) is 0 Å². The van der Waals surface area contributed by atoms with E-state index in [0.717, 1.165) is 23.0 Å². The van der Waals surface area contributed by atoms with Gasteiger partial charge in [0.05, 0.1) is 0 Å². The van der Waals surface area contributed by atoms with Gasteiger partial charge in [0, 0.05) is 22.7 Å². The predicted molar refractivity (Wildman–Crippen MR) is 111 cm³/mol. The molecule has 0 unspecified atom stereocenters. The molecule has 2 nitrogen and oxygen atoms in total. The molecule has 1 saturated carbocycles. The van der Waals surface area contributed by atoms with E-state index >= 15 is 0 Å². The maximum absolute atomic E-state index is 5.89. The summed E-state index contributed by atoms with van der Waals surface area (Å²) >= 11 is 0. The molecule has 1 aliphatic carbocycles. The summed E-state index contributed by atoms with van der Waals surface area (Å²) in [6, 6.07) is 27.7. The Morgan fingerprint density at radius 1 is 0.615 bits per heavy atom. The highest BCUT2D eigenvalue weighted by Crippen LogP contribution is 2.37. The molecule has 0 aromatic heterocycles. The van der Waals surface area contributed by atoms with Crippen molar-refractivity contribution in [3.8, 4) is 0 Å². The third-order valence-electron chi connectivity index (χ3n) is 5.39. The van der Waals surface area contributed by atoms with E-state index in [9.17, 15) is 0 Å². The Labute approximate surface area is 156 Å². The lowest BCUT2D eigenvalue weighted by atomic mass is 9.84. The van der Waals surface area contributed by atoms with Gasteiger partial charge in [-0.2, -0.15) is 0 Å². The lowest BCUT2D eigenvalue weighted by Gasteiger charge is -2.27. The molecule has 0 saturated heterocycles. The molecule has 0 heterocycles. The van der Waals surface area contributed by atoms with Gasteiger partial charge in [-0.3, -0.25) is 0 Å². The van der Waals surface area contributed by atoms with Crippen LogP contribution in [0.4, 0.5) is 22.7 Å². The second kappa shape index (κ2) is 7.65. The topological polar surface area (TPSA) is 29.3 Å². The summed E-state index contributed by atoms with van der Waals surface area (Å²) in [5.74, 6) is 0.736. The van der Waals surface area contributed by atoms with Crippen molar-refractivity contribution in [2.75, 3.05) is 10.6 Å². The van der Waals surface area contributed by atoms with Gasteiger partial charge < -0.3 is 10.6 Å². The van der Waals surface area contributed by atoms with Gasteiger partial charge in [0.1, 0.15) is 0 Å². The molecular formula is C24H26N2. The zero-order valence-electron chi connectivity index (χ0n) is 15.1. The summed E-state index contributed by atoms with van der Waals surface area (Å²) in [7, 11) is 0. The first-order valence-electron chi connectivity index (χ1n) is 9.62. The molecule has 4 rings (SSSR count). The van der Waals surface area contributed by atoms with Crippen LogP contribution in [0.1, 0.15) is 43.6 Å². The number of rotatable bonds is 4. The van der Waals surface area contributed by atoms with Crippen LogP contribution in [0.5, 0.6) is 0 Å². The van der Waals surface area contributed by atoms with Crippen LogP contribution >= 0.6 is 0 Å². The Balaban J connectivity index is 1.68. The first kappa shape index (κ1) is 16.7.